The second-order valence-corrected chi connectivity index (χ2v) is 5.35. The lowest BCUT2D eigenvalue weighted by atomic mass is 9.82. The number of rotatable bonds is 11. The van der Waals surface area contributed by atoms with Crippen LogP contribution in [0, 0.1) is 5.92 Å². The molecule has 0 amide bonds. The minimum atomic E-state index is -0.523. The molecule has 0 fully saturated rings. The highest BCUT2D eigenvalue weighted by Gasteiger charge is 2.28. The third kappa shape index (κ3) is 6.88. The molecule has 0 bridgehead atoms. The summed E-state index contributed by atoms with van der Waals surface area (Å²) < 4.78 is 0. The first kappa shape index (κ1) is 16.7. The van der Waals surface area contributed by atoms with E-state index in [2.05, 4.69) is 27.4 Å². The number of hydrogen-bond donors (Lipinski definition) is 1. The van der Waals surface area contributed by atoms with Crippen molar-refractivity contribution in [3.05, 3.63) is 12.7 Å². The monoisotopic (exact) mass is 240 g/mol. The molecular formula is C16H32O. The molecule has 0 heterocycles. The predicted octanol–water partition coefficient (Wildman–Crippen LogP) is 5.09. The van der Waals surface area contributed by atoms with Crippen LogP contribution in [-0.4, -0.2) is 10.7 Å². The van der Waals surface area contributed by atoms with Crippen molar-refractivity contribution in [1.29, 1.82) is 0 Å². The van der Waals surface area contributed by atoms with E-state index in [1.807, 2.05) is 6.08 Å². The molecular weight excluding hydrogens is 208 g/mol. The van der Waals surface area contributed by atoms with Crippen molar-refractivity contribution >= 4 is 0 Å². The van der Waals surface area contributed by atoms with E-state index in [9.17, 15) is 5.11 Å². The highest BCUT2D eigenvalue weighted by Crippen LogP contribution is 2.28. The minimum Gasteiger partial charge on any atom is -0.389 e. The van der Waals surface area contributed by atoms with Crippen LogP contribution in [0.2, 0.25) is 0 Å². The van der Waals surface area contributed by atoms with Gasteiger partial charge in [0.1, 0.15) is 0 Å². The van der Waals surface area contributed by atoms with Gasteiger partial charge < -0.3 is 5.11 Å². The Labute approximate surface area is 108 Å². The summed E-state index contributed by atoms with van der Waals surface area (Å²) >= 11 is 0. The van der Waals surface area contributed by atoms with Gasteiger partial charge >= 0.3 is 0 Å². The Morgan fingerprint density at radius 3 is 2.06 bits per heavy atom. The van der Waals surface area contributed by atoms with Crippen molar-refractivity contribution in [1.82, 2.24) is 0 Å². The summed E-state index contributed by atoms with van der Waals surface area (Å²) in [6, 6.07) is 0. The van der Waals surface area contributed by atoms with E-state index in [1.54, 1.807) is 0 Å². The van der Waals surface area contributed by atoms with E-state index in [4.69, 9.17) is 0 Å². The molecule has 0 aliphatic rings. The smallest absolute Gasteiger partial charge is 0.0704 e. The van der Waals surface area contributed by atoms with Crippen LogP contribution in [-0.2, 0) is 0 Å². The zero-order chi connectivity index (χ0) is 13.1. The molecule has 0 aromatic rings. The number of unbranched alkanes of at least 4 members (excludes halogenated alkanes) is 6. The van der Waals surface area contributed by atoms with Gasteiger partial charge in [0.15, 0.2) is 0 Å². The SMILES string of the molecule is C=CC(C)C(O)(CC)CCCCCCCCC. The summed E-state index contributed by atoms with van der Waals surface area (Å²) in [6.45, 7) is 10.2. The molecule has 1 N–H and O–H groups in total. The molecule has 0 spiro atoms. The fourth-order valence-corrected chi connectivity index (χ4v) is 2.33. The lowest BCUT2D eigenvalue weighted by molar-refractivity contribution is -0.00838. The van der Waals surface area contributed by atoms with Crippen LogP contribution in [0.3, 0.4) is 0 Å². The molecule has 17 heavy (non-hydrogen) atoms. The normalized spacial score (nSPS) is 16.5. The summed E-state index contributed by atoms with van der Waals surface area (Å²) in [7, 11) is 0. The Balaban J connectivity index is 3.66. The Morgan fingerprint density at radius 2 is 1.59 bits per heavy atom. The van der Waals surface area contributed by atoms with Gasteiger partial charge in [0.25, 0.3) is 0 Å². The number of aliphatic hydroxyl groups is 1. The summed E-state index contributed by atoms with van der Waals surface area (Å²) in [5.74, 6) is 0.201. The van der Waals surface area contributed by atoms with Crippen molar-refractivity contribution in [2.45, 2.75) is 84.2 Å². The van der Waals surface area contributed by atoms with Crippen LogP contribution in [0.15, 0.2) is 12.7 Å². The molecule has 0 aliphatic carbocycles. The van der Waals surface area contributed by atoms with Crippen LogP contribution in [0.4, 0.5) is 0 Å². The lowest BCUT2D eigenvalue weighted by Crippen LogP contribution is -2.34. The maximum atomic E-state index is 10.5. The van der Waals surface area contributed by atoms with E-state index in [0.29, 0.717) is 0 Å². The fourth-order valence-electron chi connectivity index (χ4n) is 2.33. The first-order valence-electron chi connectivity index (χ1n) is 7.45. The van der Waals surface area contributed by atoms with Gasteiger partial charge in [0, 0.05) is 5.92 Å². The lowest BCUT2D eigenvalue weighted by Gasteiger charge is -2.31. The second kappa shape index (κ2) is 9.70. The van der Waals surface area contributed by atoms with E-state index >= 15 is 0 Å². The minimum absolute atomic E-state index is 0.201. The molecule has 1 nitrogen and oxygen atoms in total. The van der Waals surface area contributed by atoms with Crippen LogP contribution >= 0.6 is 0 Å². The van der Waals surface area contributed by atoms with Crippen LogP contribution in [0.25, 0.3) is 0 Å². The summed E-state index contributed by atoms with van der Waals surface area (Å²) in [5.41, 5.74) is -0.523. The first-order chi connectivity index (χ1) is 8.10. The summed E-state index contributed by atoms with van der Waals surface area (Å²) in [6.07, 6.45) is 12.8. The first-order valence-corrected chi connectivity index (χ1v) is 7.45. The Bertz CT molecular complexity index is 188. The van der Waals surface area contributed by atoms with Gasteiger partial charge in [-0.3, -0.25) is 0 Å². The average molecular weight is 240 g/mol. The molecule has 0 rings (SSSR count). The van der Waals surface area contributed by atoms with Gasteiger partial charge in [-0.1, -0.05) is 71.8 Å². The van der Waals surface area contributed by atoms with Crippen molar-refractivity contribution in [2.75, 3.05) is 0 Å². The predicted molar refractivity (Wildman–Crippen MR) is 77.2 cm³/mol. The average Bonchev–Trinajstić information content (AvgIpc) is 2.36. The highest BCUT2D eigenvalue weighted by atomic mass is 16.3. The summed E-state index contributed by atoms with van der Waals surface area (Å²) in [4.78, 5) is 0. The van der Waals surface area contributed by atoms with Crippen molar-refractivity contribution in [3.63, 3.8) is 0 Å². The van der Waals surface area contributed by atoms with Gasteiger partial charge in [-0.15, -0.1) is 6.58 Å². The Hall–Kier alpha value is -0.300. The molecule has 0 radical (unpaired) electrons. The standard InChI is InChI=1S/C16H32O/c1-5-8-9-10-11-12-13-14-16(17,7-3)15(4)6-2/h6,15,17H,2,5,7-14H2,1,3-4H3. The van der Waals surface area contributed by atoms with Gasteiger partial charge in [0.2, 0.25) is 0 Å². The second-order valence-electron chi connectivity index (χ2n) is 5.35. The van der Waals surface area contributed by atoms with Gasteiger partial charge in [-0.2, -0.15) is 0 Å². The fraction of sp³-hybridized carbons (Fsp3) is 0.875. The summed E-state index contributed by atoms with van der Waals surface area (Å²) in [5, 5.41) is 10.5. The third-order valence-electron chi connectivity index (χ3n) is 4.03. The van der Waals surface area contributed by atoms with Crippen LogP contribution < -0.4 is 0 Å². The van der Waals surface area contributed by atoms with E-state index in [0.717, 1.165) is 19.3 Å². The van der Waals surface area contributed by atoms with Crippen LogP contribution in [0.5, 0.6) is 0 Å². The zero-order valence-electron chi connectivity index (χ0n) is 12.2. The Morgan fingerprint density at radius 1 is 1.06 bits per heavy atom. The molecule has 102 valence electrons. The maximum Gasteiger partial charge on any atom is 0.0704 e. The van der Waals surface area contributed by atoms with E-state index in [-0.39, 0.29) is 5.92 Å². The Kier molecular flexibility index (Phi) is 9.53. The molecule has 0 aromatic carbocycles. The van der Waals surface area contributed by atoms with Gasteiger partial charge in [-0.05, 0) is 12.8 Å². The molecule has 0 saturated carbocycles. The van der Waals surface area contributed by atoms with Crippen molar-refractivity contribution in [2.24, 2.45) is 5.92 Å². The maximum absolute atomic E-state index is 10.5. The third-order valence-corrected chi connectivity index (χ3v) is 4.03. The molecule has 0 aliphatic heterocycles. The van der Waals surface area contributed by atoms with Crippen LogP contribution in [0.1, 0.15) is 78.6 Å². The topological polar surface area (TPSA) is 20.2 Å². The van der Waals surface area contributed by atoms with Gasteiger partial charge in [-0.25, -0.2) is 0 Å². The molecule has 2 unspecified atom stereocenters. The van der Waals surface area contributed by atoms with Crippen molar-refractivity contribution < 1.29 is 5.11 Å². The van der Waals surface area contributed by atoms with E-state index in [1.165, 1.54) is 38.5 Å². The number of hydrogen-bond acceptors (Lipinski definition) is 1. The van der Waals surface area contributed by atoms with Gasteiger partial charge in [0.05, 0.1) is 5.60 Å². The molecule has 1 heteroatoms. The largest absolute Gasteiger partial charge is 0.389 e. The van der Waals surface area contributed by atoms with Crippen molar-refractivity contribution in [3.8, 4) is 0 Å². The highest BCUT2D eigenvalue weighted by molar-refractivity contribution is 4.92. The van der Waals surface area contributed by atoms with E-state index < -0.39 is 5.60 Å². The zero-order valence-corrected chi connectivity index (χ0v) is 12.2. The quantitative estimate of drug-likeness (QED) is 0.394. The molecule has 0 saturated heterocycles. The molecule has 2 atom stereocenters. The molecule has 0 aromatic heterocycles.